The van der Waals surface area contributed by atoms with Gasteiger partial charge in [0.1, 0.15) is 23.5 Å². The van der Waals surface area contributed by atoms with Crippen molar-refractivity contribution in [3.05, 3.63) is 65.6 Å². The fourth-order valence-corrected chi connectivity index (χ4v) is 4.47. The largest absolute Gasteiger partial charge is 0.493 e. The van der Waals surface area contributed by atoms with Gasteiger partial charge in [-0.2, -0.15) is 4.98 Å². The highest BCUT2D eigenvalue weighted by atomic mass is 19.1. The Morgan fingerprint density at radius 1 is 1.25 bits per heavy atom. The van der Waals surface area contributed by atoms with Crippen molar-refractivity contribution in [3.8, 4) is 22.8 Å². The second kappa shape index (κ2) is 8.48. The molecule has 0 saturated carbocycles. The molecule has 5 heterocycles. The lowest BCUT2D eigenvalue weighted by Crippen LogP contribution is -2.10. The van der Waals surface area contributed by atoms with E-state index in [4.69, 9.17) is 9.47 Å². The second-order valence-corrected chi connectivity index (χ2v) is 8.09. The van der Waals surface area contributed by atoms with Crippen LogP contribution >= 0.6 is 0 Å². The second-order valence-electron chi connectivity index (χ2n) is 8.09. The van der Waals surface area contributed by atoms with Gasteiger partial charge in [-0.3, -0.25) is 8.80 Å². The lowest BCUT2D eigenvalue weighted by Gasteiger charge is -2.13. The van der Waals surface area contributed by atoms with Crippen LogP contribution in [0.3, 0.4) is 0 Å². The van der Waals surface area contributed by atoms with E-state index in [2.05, 4.69) is 25.5 Å². The summed E-state index contributed by atoms with van der Waals surface area (Å²) >= 11 is 0. The molecule has 182 valence electrons. The highest BCUT2D eigenvalue weighted by Gasteiger charge is 2.24. The minimum Gasteiger partial charge on any atom is -0.493 e. The predicted octanol–water partition coefficient (Wildman–Crippen LogP) is 3.01. The number of imidazole rings is 1. The van der Waals surface area contributed by atoms with Gasteiger partial charge in [-0.15, -0.1) is 10.2 Å². The lowest BCUT2D eigenvalue weighted by atomic mass is 10.0. The average Bonchev–Trinajstić information content (AvgIpc) is 3.61. The predicted molar refractivity (Wildman–Crippen MR) is 126 cm³/mol. The first-order chi connectivity index (χ1) is 17.6. The summed E-state index contributed by atoms with van der Waals surface area (Å²) in [7, 11) is 0. The van der Waals surface area contributed by atoms with Crippen LogP contribution in [0.25, 0.3) is 22.4 Å². The first-order valence-corrected chi connectivity index (χ1v) is 11.3. The maximum Gasteiger partial charge on any atom is 0.361 e. The summed E-state index contributed by atoms with van der Waals surface area (Å²) in [6.07, 6.45) is 5.34. The number of benzene rings is 1. The van der Waals surface area contributed by atoms with Crippen LogP contribution in [0.1, 0.15) is 28.5 Å². The van der Waals surface area contributed by atoms with Crippen LogP contribution in [0.2, 0.25) is 0 Å². The zero-order valence-corrected chi connectivity index (χ0v) is 19.1. The molecule has 12 heteroatoms. The van der Waals surface area contributed by atoms with E-state index in [1.807, 2.05) is 0 Å². The monoisotopic (exact) mass is 489 g/mol. The minimum absolute atomic E-state index is 0.0705. The lowest BCUT2D eigenvalue weighted by molar-refractivity contribution is 0.0514. The van der Waals surface area contributed by atoms with Crippen LogP contribution in [-0.2, 0) is 17.7 Å². The maximum atomic E-state index is 14.6. The Hall–Kier alpha value is -4.74. The number of aromatic hydroxyl groups is 1. The summed E-state index contributed by atoms with van der Waals surface area (Å²) < 4.78 is 28.3. The topological polar surface area (TPSA) is 128 Å². The Labute approximate surface area is 203 Å². The van der Waals surface area contributed by atoms with E-state index >= 15 is 0 Å². The van der Waals surface area contributed by atoms with E-state index in [1.165, 1.54) is 16.8 Å². The van der Waals surface area contributed by atoms with Crippen molar-refractivity contribution in [2.75, 3.05) is 18.5 Å². The summed E-state index contributed by atoms with van der Waals surface area (Å²) in [5, 5.41) is 21.8. The Balaban J connectivity index is 1.39. The summed E-state index contributed by atoms with van der Waals surface area (Å²) in [4.78, 5) is 21.1. The van der Waals surface area contributed by atoms with Crippen molar-refractivity contribution in [2.24, 2.45) is 0 Å². The molecule has 0 radical (unpaired) electrons. The third-order valence-electron chi connectivity index (χ3n) is 6.09. The van der Waals surface area contributed by atoms with Crippen LogP contribution in [0.4, 0.5) is 10.3 Å². The number of nitrogens with one attached hydrogen (secondary N) is 1. The molecule has 11 nitrogen and oxygen atoms in total. The van der Waals surface area contributed by atoms with Crippen LogP contribution < -0.4 is 10.1 Å². The van der Waals surface area contributed by atoms with Crippen molar-refractivity contribution in [3.63, 3.8) is 0 Å². The molecule has 6 rings (SSSR count). The zero-order chi connectivity index (χ0) is 24.8. The Morgan fingerprint density at radius 3 is 3.00 bits per heavy atom. The number of anilines is 1. The maximum absolute atomic E-state index is 14.6. The number of hydrogen-bond acceptors (Lipinski definition) is 9. The van der Waals surface area contributed by atoms with Gasteiger partial charge in [-0.25, -0.2) is 14.2 Å². The highest BCUT2D eigenvalue weighted by Crippen LogP contribution is 2.33. The van der Waals surface area contributed by atoms with Gasteiger partial charge in [-0.1, -0.05) is 0 Å². The van der Waals surface area contributed by atoms with E-state index in [0.29, 0.717) is 52.7 Å². The molecule has 0 amide bonds. The molecule has 1 aromatic carbocycles. The summed E-state index contributed by atoms with van der Waals surface area (Å²) in [5.74, 6) is -0.322. The fraction of sp³-hybridized carbons (Fsp3) is 0.208. The Morgan fingerprint density at radius 2 is 2.14 bits per heavy atom. The number of fused-ring (bicyclic) bond motifs is 3. The van der Waals surface area contributed by atoms with Gasteiger partial charge < -0.3 is 19.9 Å². The molecule has 0 aliphatic carbocycles. The molecular formula is C24H20FN7O4. The van der Waals surface area contributed by atoms with Crippen molar-refractivity contribution in [2.45, 2.75) is 19.9 Å². The molecule has 36 heavy (non-hydrogen) atoms. The van der Waals surface area contributed by atoms with Crippen LogP contribution in [0.15, 0.2) is 43.0 Å². The molecule has 0 saturated heterocycles. The summed E-state index contributed by atoms with van der Waals surface area (Å²) in [5.41, 5.74) is 3.24. The number of ether oxygens (including phenoxy) is 2. The molecule has 4 aromatic heterocycles. The SMILES string of the molecule is CCOC(=O)c1c(O)nc2c(-c3cnc(NCc4c(F)ccc5c4CCO5)n4cnnc34)cccn12. The van der Waals surface area contributed by atoms with Crippen molar-refractivity contribution in [1.82, 2.24) is 29.0 Å². The standard InChI is InChI=1S/C24H20FN7O4/c1-2-35-23(34)19-22(33)29-20-14(4-3-8-31(19)20)16-11-27-24(32-12-28-30-21(16)32)26-10-15-13-7-9-36-18(13)6-5-17(15)25/h3-6,8,11-12,33H,2,7,9-10H2,1H3,(H,26,27). The van der Waals surface area contributed by atoms with Crippen molar-refractivity contribution < 1.29 is 23.8 Å². The molecule has 5 aromatic rings. The number of pyridine rings is 1. The van der Waals surface area contributed by atoms with Gasteiger partial charge in [0.05, 0.1) is 13.2 Å². The van der Waals surface area contributed by atoms with Crippen LogP contribution in [-0.4, -0.2) is 53.3 Å². The Bertz CT molecular complexity index is 1650. The van der Waals surface area contributed by atoms with Gasteiger partial charge >= 0.3 is 5.97 Å². The molecule has 0 bridgehead atoms. The van der Waals surface area contributed by atoms with E-state index < -0.39 is 11.8 Å². The third kappa shape index (κ3) is 3.37. The molecular weight excluding hydrogens is 469 g/mol. The molecule has 2 N–H and O–H groups in total. The van der Waals surface area contributed by atoms with Gasteiger partial charge in [0, 0.05) is 47.6 Å². The molecule has 0 atom stereocenters. The molecule has 0 unspecified atom stereocenters. The van der Waals surface area contributed by atoms with E-state index in [0.717, 1.165) is 5.56 Å². The smallest absolute Gasteiger partial charge is 0.361 e. The van der Waals surface area contributed by atoms with Gasteiger partial charge in [0.2, 0.25) is 11.8 Å². The number of hydrogen-bond donors (Lipinski definition) is 2. The number of carbonyl (C=O) groups excluding carboxylic acids is 1. The number of halogens is 1. The third-order valence-corrected chi connectivity index (χ3v) is 6.09. The summed E-state index contributed by atoms with van der Waals surface area (Å²) in [6, 6.07) is 6.54. The summed E-state index contributed by atoms with van der Waals surface area (Å²) in [6.45, 7) is 2.57. The number of aromatic nitrogens is 6. The molecule has 0 spiro atoms. The normalized spacial score (nSPS) is 12.6. The quantitative estimate of drug-likeness (QED) is 0.346. The molecule has 1 aliphatic heterocycles. The van der Waals surface area contributed by atoms with Crippen molar-refractivity contribution in [1.29, 1.82) is 0 Å². The average molecular weight is 489 g/mol. The van der Waals surface area contributed by atoms with Crippen LogP contribution in [0, 0.1) is 5.82 Å². The number of esters is 1. The molecule has 1 aliphatic rings. The fourth-order valence-electron chi connectivity index (χ4n) is 4.47. The van der Waals surface area contributed by atoms with Gasteiger partial charge in [0.15, 0.2) is 11.3 Å². The zero-order valence-electron chi connectivity index (χ0n) is 19.1. The first kappa shape index (κ1) is 21.8. The number of rotatable bonds is 6. The first-order valence-electron chi connectivity index (χ1n) is 11.3. The van der Waals surface area contributed by atoms with E-state index in [-0.39, 0.29) is 24.7 Å². The number of nitrogens with zero attached hydrogens (tertiary/aromatic N) is 6. The highest BCUT2D eigenvalue weighted by molar-refractivity contribution is 5.94. The van der Waals surface area contributed by atoms with Gasteiger partial charge in [-0.05, 0) is 31.2 Å². The minimum atomic E-state index is -0.685. The van der Waals surface area contributed by atoms with E-state index in [1.54, 1.807) is 41.9 Å². The van der Waals surface area contributed by atoms with Gasteiger partial charge in [0.25, 0.3) is 0 Å². The van der Waals surface area contributed by atoms with E-state index in [9.17, 15) is 14.3 Å². The number of carbonyl (C=O) groups is 1. The molecule has 0 fully saturated rings. The Kier molecular flexibility index (Phi) is 5.13. The van der Waals surface area contributed by atoms with Crippen molar-refractivity contribution >= 4 is 23.2 Å². The van der Waals surface area contributed by atoms with Crippen LogP contribution in [0.5, 0.6) is 11.6 Å².